The lowest BCUT2D eigenvalue weighted by atomic mass is 10.0. The smallest absolute Gasteiger partial charge is 0.299 e. The number of carbonyl (C=O) groups is 2. The molecule has 3 N–H and O–H groups in total. The van der Waals surface area contributed by atoms with Crippen LogP contribution in [0.2, 0.25) is 5.02 Å². The van der Waals surface area contributed by atoms with Crippen molar-refractivity contribution in [2.24, 2.45) is 5.92 Å². The number of para-hydroxylation sites is 1. The van der Waals surface area contributed by atoms with E-state index < -0.39 is 28.2 Å². The number of amides is 2. The molecule has 1 aliphatic rings. The fourth-order valence-electron chi connectivity index (χ4n) is 4.59. The standard InChI is InChI=1S/C26H31ClN6O4S2/c1-17(2)13-22(31-39(36,37)30-20-7-4-3-5-8-20)26(35)33-12-6-9-24(33)25(34)28-15-18-14-19(27)10-11-21(18)23-16-38-32-29-23/h3-5,7-8,10-11,14,16-17,22,24,30-31H,6,9,12-13,15H2,1-2H3,(H,28,34)/t22-,24-/m0/s1. The number of hydrogen-bond acceptors (Lipinski definition) is 7. The Morgan fingerprint density at radius 1 is 1.18 bits per heavy atom. The number of benzene rings is 2. The van der Waals surface area contributed by atoms with E-state index in [-0.39, 0.29) is 24.8 Å². The first kappa shape index (κ1) is 28.9. The molecule has 0 saturated carbocycles. The Hall–Kier alpha value is -3.06. The van der Waals surface area contributed by atoms with Crippen molar-refractivity contribution >= 4 is 50.8 Å². The van der Waals surface area contributed by atoms with E-state index in [1.165, 1.54) is 16.4 Å². The Kier molecular flexibility index (Phi) is 9.54. The van der Waals surface area contributed by atoms with E-state index >= 15 is 0 Å². The monoisotopic (exact) mass is 590 g/mol. The highest BCUT2D eigenvalue weighted by Crippen LogP contribution is 2.26. The number of anilines is 1. The lowest BCUT2D eigenvalue weighted by molar-refractivity contribution is -0.140. The quantitative estimate of drug-likeness (QED) is 0.311. The predicted octanol–water partition coefficient (Wildman–Crippen LogP) is 3.83. The molecule has 2 heterocycles. The molecule has 10 nitrogen and oxygen atoms in total. The van der Waals surface area contributed by atoms with Crippen LogP contribution in [0.15, 0.2) is 53.9 Å². The molecular formula is C26H31ClN6O4S2. The molecule has 1 saturated heterocycles. The molecule has 2 atom stereocenters. The zero-order valence-corrected chi connectivity index (χ0v) is 24.0. The number of nitrogens with one attached hydrogen (secondary N) is 3. The van der Waals surface area contributed by atoms with E-state index in [4.69, 9.17) is 11.6 Å². The van der Waals surface area contributed by atoms with Gasteiger partial charge in [0.1, 0.15) is 17.8 Å². The third kappa shape index (κ3) is 7.75. The van der Waals surface area contributed by atoms with Gasteiger partial charge in [0.25, 0.3) is 10.2 Å². The SMILES string of the molecule is CC(C)C[C@H](NS(=O)(=O)Nc1ccccc1)C(=O)N1CCC[C@H]1C(=O)NCc1cc(Cl)ccc1-c1csnn1. The summed E-state index contributed by atoms with van der Waals surface area (Å²) in [5, 5.41) is 9.38. The molecular weight excluding hydrogens is 560 g/mol. The zero-order chi connectivity index (χ0) is 28.0. The first-order valence-corrected chi connectivity index (χ1v) is 15.3. The molecule has 1 aromatic heterocycles. The maximum atomic E-state index is 13.6. The third-order valence-corrected chi connectivity index (χ3v) is 8.16. The summed E-state index contributed by atoms with van der Waals surface area (Å²) in [6, 6.07) is 12.1. The number of rotatable bonds is 11. The van der Waals surface area contributed by atoms with E-state index in [0.29, 0.717) is 35.8 Å². The molecule has 0 radical (unpaired) electrons. The normalized spacial score (nSPS) is 16.3. The summed E-state index contributed by atoms with van der Waals surface area (Å²) in [4.78, 5) is 28.4. The number of aromatic nitrogens is 2. The van der Waals surface area contributed by atoms with E-state index in [0.717, 1.165) is 11.1 Å². The van der Waals surface area contributed by atoms with Gasteiger partial charge in [-0.25, -0.2) is 0 Å². The van der Waals surface area contributed by atoms with Gasteiger partial charge in [0.15, 0.2) is 0 Å². The molecule has 39 heavy (non-hydrogen) atoms. The Morgan fingerprint density at radius 3 is 2.64 bits per heavy atom. The van der Waals surface area contributed by atoms with Gasteiger partial charge in [0.2, 0.25) is 11.8 Å². The van der Waals surface area contributed by atoms with E-state index in [2.05, 4.69) is 24.3 Å². The Labute approximate surface area is 237 Å². The minimum absolute atomic E-state index is 0.0368. The molecule has 0 aliphatic carbocycles. The van der Waals surface area contributed by atoms with Crippen LogP contribution < -0.4 is 14.8 Å². The van der Waals surface area contributed by atoms with Crippen LogP contribution in [0.1, 0.15) is 38.7 Å². The van der Waals surface area contributed by atoms with E-state index in [1.54, 1.807) is 42.5 Å². The molecule has 0 bridgehead atoms. The first-order valence-electron chi connectivity index (χ1n) is 12.6. The summed E-state index contributed by atoms with van der Waals surface area (Å²) in [6.07, 6.45) is 1.41. The van der Waals surface area contributed by atoms with Crippen LogP contribution in [0.25, 0.3) is 11.3 Å². The molecule has 0 spiro atoms. The molecule has 2 amide bonds. The minimum atomic E-state index is -4.04. The highest BCUT2D eigenvalue weighted by atomic mass is 35.5. The number of carbonyl (C=O) groups excluding carboxylic acids is 2. The fraction of sp³-hybridized carbons (Fsp3) is 0.385. The summed E-state index contributed by atoms with van der Waals surface area (Å²) >= 11 is 7.43. The van der Waals surface area contributed by atoms with Gasteiger partial charge >= 0.3 is 0 Å². The third-order valence-electron chi connectivity index (χ3n) is 6.32. The lowest BCUT2D eigenvalue weighted by Crippen LogP contribution is -2.54. The highest BCUT2D eigenvalue weighted by Gasteiger charge is 2.38. The molecule has 0 unspecified atom stereocenters. The van der Waals surface area contributed by atoms with Gasteiger partial charge < -0.3 is 10.2 Å². The molecule has 3 aromatic rings. The van der Waals surface area contributed by atoms with Gasteiger partial charge in [-0.1, -0.05) is 54.2 Å². The van der Waals surface area contributed by atoms with Crippen LogP contribution >= 0.6 is 23.1 Å². The Morgan fingerprint density at radius 2 is 1.95 bits per heavy atom. The van der Waals surface area contributed by atoms with Crippen molar-refractivity contribution < 1.29 is 18.0 Å². The topological polar surface area (TPSA) is 133 Å². The molecule has 13 heteroatoms. The average molecular weight is 591 g/mol. The van der Waals surface area contributed by atoms with Gasteiger partial charge in [-0.2, -0.15) is 13.1 Å². The van der Waals surface area contributed by atoms with Gasteiger partial charge in [0, 0.05) is 34.7 Å². The second-order valence-electron chi connectivity index (χ2n) is 9.77. The first-order chi connectivity index (χ1) is 18.6. The molecule has 4 rings (SSSR count). The predicted molar refractivity (Wildman–Crippen MR) is 152 cm³/mol. The minimum Gasteiger partial charge on any atom is -0.350 e. The van der Waals surface area contributed by atoms with Crippen molar-refractivity contribution in [3.63, 3.8) is 0 Å². The largest absolute Gasteiger partial charge is 0.350 e. The maximum absolute atomic E-state index is 13.6. The molecule has 208 valence electrons. The summed E-state index contributed by atoms with van der Waals surface area (Å²) < 4.78 is 34.6. The van der Waals surface area contributed by atoms with Crippen molar-refractivity contribution in [1.82, 2.24) is 24.5 Å². The molecule has 2 aromatic carbocycles. The molecule has 1 aliphatic heterocycles. The summed E-state index contributed by atoms with van der Waals surface area (Å²) in [5.41, 5.74) is 2.65. The van der Waals surface area contributed by atoms with Crippen molar-refractivity contribution in [3.8, 4) is 11.3 Å². The van der Waals surface area contributed by atoms with Gasteiger partial charge in [-0.05, 0) is 66.5 Å². The van der Waals surface area contributed by atoms with Crippen LogP contribution in [0.3, 0.4) is 0 Å². The van der Waals surface area contributed by atoms with Crippen molar-refractivity contribution in [2.45, 2.75) is 51.7 Å². The van der Waals surface area contributed by atoms with Gasteiger partial charge in [-0.15, -0.1) is 5.10 Å². The number of nitrogens with zero attached hydrogens (tertiary/aromatic N) is 3. The number of hydrogen-bond donors (Lipinski definition) is 3. The van der Waals surface area contributed by atoms with Crippen LogP contribution in [-0.4, -0.2) is 53.3 Å². The van der Waals surface area contributed by atoms with Crippen LogP contribution in [-0.2, 0) is 26.3 Å². The summed E-state index contributed by atoms with van der Waals surface area (Å²) in [6.45, 7) is 4.38. The molecule has 1 fully saturated rings. The fourth-order valence-corrected chi connectivity index (χ4v) is 6.32. The Balaban J connectivity index is 1.46. The van der Waals surface area contributed by atoms with Gasteiger partial charge in [-0.3, -0.25) is 14.3 Å². The van der Waals surface area contributed by atoms with Crippen LogP contribution in [0.5, 0.6) is 0 Å². The van der Waals surface area contributed by atoms with Crippen molar-refractivity contribution in [2.75, 3.05) is 11.3 Å². The summed E-state index contributed by atoms with van der Waals surface area (Å²) in [5.74, 6) is -0.691. The van der Waals surface area contributed by atoms with Crippen LogP contribution in [0, 0.1) is 5.92 Å². The lowest BCUT2D eigenvalue weighted by Gasteiger charge is -2.29. The van der Waals surface area contributed by atoms with E-state index in [1.807, 2.05) is 25.3 Å². The maximum Gasteiger partial charge on any atom is 0.299 e. The highest BCUT2D eigenvalue weighted by molar-refractivity contribution is 7.90. The van der Waals surface area contributed by atoms with Gasteiger partial charge in [0.05, 0.1) is 0 Å². The van der Waals surface area contributed by atoms with Crippen LogP contribution in [0.4, 0.5) is 5.69 Å². The number of likely N-dealkylation sites (tertiary alicyclic amines) is 1. The van der Waals surface area contributed by atoms with Crippen molar-refractivity contribution in [1.29, 1.82) is 0 Å². The van der Waals surface area contributed by atoms with E-state index in [9.17, 15) is 18.0 Å². The second-order valence-corrected chi connectivity index (χ2v) is 12.3. The second kappa shape index (κ2) is 12.9. The Bertz CT molecular complexity index is 1390. The number of halogens is 1. The summed E-state index contributed by atoms with van der Waals surface area (Å²) in [7, 11) is -4.04. The zero-order valence-electron chi connectivity index (χ0n) is 21.6. The van der Waals surface area contributed by atoms with Crippen molar-refractivity contribution in [3.05, 3.63) is 64.5 Å². The average Bonchev–Trinajstić information content (AvgIpc) is 3.59.